The molecular formula is C35H46N4O6S. The molecule has 11 heteroatoms. The van der Waals surface area contributed by atoms with Gasteiger partial charge in [0.05, 0.1) is 43.8 Å². The van der Waals surface area contributed by atoms with Crippen molar-refractivity contribution < 1.29 is 23.8 Å². The van der Waals surface area contributed by atoms with Crippen LogP contribution < -0.4 is 35.6 Å². The van der Waals surface area contributed by atoms with Crippen LogP contribution in [0, 0.1) is 5.92 Å². The number of thiazole rings is 1. The van der Waals surface area contributed by atoms with E-state index in [9.17, 15) is 14.4 Å². The van der Waals surface area contributed by atoms with Gasteiger partial charge in [0.25, 0.3) is 0 Å². The maximum atomic E-state index is 13.9. The number of aromatic nitrogens is 1. The van der Waals surface area contributed by atoms with Crippen LogP contribution in [0.4, 0.5) is 5.69 Å². The molecule has 1 heterocycles. The Morgan fingerprint density at radius 3 is 2.41 bits per heavy atom. The molecule has 3 aromatic rings. The quantitative estimate of drug-likeness (QED) is 0.217. The molecule has 0 bridgehead atoms. The van der Waals surface area contributed by atoms with Crippen molar-refractivity contribution in [2.75, 3.05) is 33.2 Å². The number of methoxy groups -OCH3 is 3. The van der Waals surface area contributed by atoms with Crippen molar-refractivity contribution in [1.29, 1.82) is 0 Å². The minimum absolute atomic E-state index is 0.0557. The first-order chi connectivity index (χ1) is 22.0. The number of rotatable bonds is 13. The van der Waals surface area contributed by atoms with Gasteiger partial charge in [-0.1, -0.05) is 40.2 Å². The van der Waals surface area contributed by atoms with Crippen LogP contribution in [-0.4, -0.2) is 50.7 Å². The third-order valence-electron chi connectivity index (χ3n) is 8.52. The fourth-order valence-corrected chi connectivity index (χ4v) is 6.76. The van der Waals surface area contributed by atoms with E-state index in [-0.39, 0.29) is 28.8 Å². The molecular weight excluding hydrogens is 604 g/mol. The van der Waals surface area contributed by atoms with Crippen LogP contribution in [0.25, 0.3) is 11.1 Å². The van der Waals surface area contributed by atoms with E-state index in [2.05, 4.69) is 40.2 Å². The minimum atomic E-state index is -0.639. The summed E-state index contributed by atoms with van der Waals surface area (Å²) in [6, 6.07) is 5.98. The van der Waals surface area contributed by atoms with Crippen molar-refractivity contribution in [2.45, 2.75) is 78.3 Å². The Kier molecular flexibility index (Phi) is 11.7. The van der Waals surface area contributed by atoms with Crippen molar-refractivity contribution in [3.8, 4) is 28.4 Å². The van der Waals surface area contributed by atoms with Crippen molar-refractivity contribution in [3.63, 3.8) is 0 Å². The lowest BCUT2D eigenvalue weighted by Gasteiger charge is -2.24. The highest BCUT2D eigenvalue weighted by atomic mass is 32.1. The molecule has 1 aromatic heterocycles. The summed E-state index contributed by atoms with van der Waals surface area (Å²) >= 11 is 1.60. The maximum absolute atomic E-state index is 13.9. The Morgan fingerprint density at radius 1 is 1.07 bits per heavy atom. The van der Waals surface area contributed by atoms with Crippen molar-refractivity contribution in [1.82, 2.24) is 15.6 Å². The largest absolute Gasteiger partial charge is 0.493 e. The van der Waals surface area contributed by atoms with E-state index in [1.54, 1.807) is 44.8 Å². The molecule has 0 saturated carbocycles. The topological polar surface area (TPSA) is 128 Å². The molecule has 0 saturated heterocycles. The number of benzene rings is 1. The Bertz CT molecular complexity index is 1620. The lowest BCUT2D eigenvalue weighted by atomic mass is 9.95. The molecule has 0 radical (unpaired) electrons. The zero-order valence-corrected chi connectivity index (χ0v) is 28.9. The lowest BCUT2D eigenvalue weighted by Crippen LogP contribution is -2.45. The van der Waals surface area contributed by atoms with E-state index in [1.807, 2.05) is 26.0 Å². The summed E-state index contributed by atoms with van der Waals surface area (Å²) in [7, 11) is 4.68. The molecule has 2 amide bonds. The van der Waals surface area contributed by atoms with Gasteiger partial charge in [-0.2, -0.15) is 0 Å². The first-order valence-electron chi connectivity index (χ1n) is 15.8. The zero-order valence-electron chi connectivity index (χ0n) is 28.0. The number of fused-ring (bicyclic) bond motifs is 3. The van der Waals surface area contributed by atoms with E-state index in [0.717, 1.165) is 33.8 Å². The van der Waals surface area contributed by atoms with Gasteiger partial charge in [-0.3, -0.25) is 14.4 Å². The van der Waals surface area contributed by atoms with E-state index in [1.165, 1.54) is 6.92 Å². The number of hydrogen-bond acceptors (Lipinski definition) is 9. The van der Waals surface area contributed by atoms with E-state index in [4.69, 9.17) is 14.2 Å². The number of amides is 2. The Hall–Kier alpha value is -4.12. The molecule has 1 aliphatic rings. The van der Waals surface area contributed by atoms with E-state index < -0.39 is 12.1 Å². The summed E-state index contributed by atoms with van der Waals surface area (Å²) in [4.78, 5) is 44.3. The summed E-state index contributed by atoms with van der Waals surface area (Å²) < 4.78 is 17.2. The van der Waals surface area contributed by atoms with Gasteiger partial charge in [0.15, 0.2) is 11.5 Å². The van der Waals surface area contributed by atoms with Gasteiger partial charge in [-0.25, -0.2) is 4.98 Å². The second kappa shape index (κ2) is 15.4. The molecule has 0 spiro atoms. The number of nitrogens with zero attached hydrogens (tertiary/aromatic N) is 1. The standard InChI is InChI=1S/C35H46N4O6S/c1-9-20(4)32(35(42)36-15-14-30-38-27(18-46-30)19(2)3)39-26-13-11-23-24(17-28(26)41)25(37-21(5)40)12-10-22-16-29(43-6)33(44-7)34(45-8)31(22)23/h11,13,16-20,25,32H,9-10,12,14-15H2,1-8H3,(H,36,42)(H,37,40)(H,39,41)/t20-,25+,32+/m1/s1. The minimum Gasteiger partial charge on any atom is -0.493 e. The summed E-state index contributed by atoms with van der Waals surface area (Å²) in [6.07, 6.45) is 2.52. The first-order valence-corrected chi connectivity index (χ1v) is 16.7. The molecule has 0 unspecified atom stereocenters. The Labute approximate surface area is 275 Å². The van der Waals surface area contributed by atoms with Crippen LogP contribution in [0.15, 0.2) is 34.4 Å². The van der Waals surface area contributed by atoms with Crippen LogP contribution in [-0.2, 0) is 22.4 Å². The number of carbonyl (C=O) groups is 2. The van der Waals surface area contributed by atoms with Crippen LogP contribution >= 0.6 is 11.3 Å². The third-order valence-corrected chi connectivity index (χ3v) is 9.45. The maximum Gasteiger partial charge on any atom is 0.242 e. The van der Waals surface area contributed by atoms with E-state index in [0.29, 0.717) is 54.5 Å². The highest BCUT2D eigenvalue weighted by Crippen LogP contribution is 2.50. The molecule has 1 aliphatic carbocycles. The molecule has 248 valence electrons. The van der Waals surface area contributed by atoms with Gasteiger partial charge < -0.3 is 30.2 Å². The molecule has 3 atom stereocenters. The van der Waals surface area contributed by atoms with Crippen molar-refractivity contribution >= 4 is 28.8 Å². The second-order valence-electron chi connectivity index (χ2n) is 12.0. The van der Waals surface area contributed by atoms with Crippen LogP contribution in [0.5, 0.6) is 17.2 Å². The molecule has 0 fully saturated rings. The average molecular weight is 651 g/mol. The fourth-order valence-electron chi connectivity index (χ4n) is 5.80. The third kappa shape index (κ3) is 7.63. The smallest absolute Gasteiger partial charge is 0.242 e. The number of hydrogen-bond donors (Lipinski definition) is 3. The molecule has 4 rings (SSSR count). The molecule has 2 aromatic carbocycles. The molecule has 3 N–H and O–H groups in total. The number of nitrogens with one attached hydrogen (secondary N) is 3. The first kappa shape index (κ1) is 34.7. The van der Waals surface area contributed by atoms with Gasteiger partial charge in [0, 0.05) is 30.8 Å². The molecule has 0 aliphatic heterocycles. The Morgan fingerprint density at radius 2 is 1.80 bits per heavy atom. The predicted octanol–water partition coefficient (Wildman–Crippen LogP) is 5.63. The normalized spacial score (nSPS) is 15.1. The molecule has 10 nitrogen and oxygen atoms in total. The van der Waals surface area contributed by atoms with Gasteiger partial charge in [-0.15, -0.1) is 11.3 Å². The average Bonchev–Trinajstić information content (AvgIpc) is 3.39. The van der Waals surface area contributed by atoms with Gasteiger partial charge in [-0.05, 0) is 59.6 Å². The SMILES string of the molecule is CC[C@@H](C)[C@H](Nc1ccc2c(cc1=O)[C@@H](NC(C)=O)CCc1cc(OC)c(OC)c(OC)c1-2)C(=O)NCCc1nc(C(C)C)cs1. The molecule has 46 heavy (non-hydrogen) atoms. The van der Waals surface area contributed by atoms with Crippen molar-refractivity contribution in [2.24, 2.45) is 5.92 Å². The summed E-state index contributed by atoms with van der Waals surface area (Å²) in [5, 5.41) is 12.4. The summed E-state index contributed by atoms with van der Waals surface area (Å²) in [5.41, 5.74) is 4.15. The van der Waals surface area contributed by atoms with Crippen LogP contribution in [0.1, 0.15) is 81.2 Å². The van der Waals surface area contributed by atoms with E-state index >= 15 is 0 Å². The number of anilines is 1. The monoisotopic (exact) mass is 650 g/mol. The number of ether oxygens (including phenoxy) is 3. The highest BCUT2D eigenvalue weighted by Gasteiger charge is 2.30. The van der Waals surface area contributed by atoms with Gasteiger partial charge in [0.2, 0.25) is 23.0 Å². The number of aryl methyl sites for hydroxylation is 1. The van der Waals surface area contributed by atoms with Crippen LogP contribution in [0.3, 0.4) is 0 Å². The zero-order chi connectivity index (χ0) is 33.5. The van der Waals surface area contributed by atoms with Gasteiger partial charge >= 0.3 is 0 Å². The second-order valence-corrected chi connectivity index (χ2v) is 12.9. The lowest BCUT2D eigenvalue weighted by molar-refractivity contribution is -0.123. The Balaban J connectivity index is 1.73. The van der Waals surface area contributed by atoms with Crippen LogP contribution in [0.2, 0.25) is 0 Å². The highest BCUT2D eigenvalue weighted by molar-refractivity contribution is 7.09. The van der Waals surface area contributed by atoms with Crippen molar-refractivity contribution in [3.05, 3.63) is 61.7 Å². The number of carbonyl (C=O) groups excluding carboxylic acids is 2. The fraction of sp³-hybridized carbons (Fsp3) is 0.486. The summed E-state index contributed by atoms with van der Waals surface area (Å²) in [6.45, 7) is 10.1. The van der Waals surface area contributed by atoms with Gasteiger partial charge in [0.1, 0.15) is 6.04 Å². The summed E-state index contributed by atoms with van der Waals surface area (Å²) in [5.74, 6) is 1.37. The predicted molar refractivity (Wildman–Crippen MR) is 182 cm³/mol.